The second kappa shape index (κ2) is 3.96. The highest BCUT2D eigenvalue weighted by Gasteiger charge is 2.12. The predicted molar refractivity (Wildman–Crippen MR) is 65.0 cm³/mol. The summed E-state index contributed by atoms with van der Waals surface area (Å²) in [5, 5.41) is 10.3. The molecule has 0 saturated heterocycles. The van der Waals surface area contributed by atoms with Crippen LogP contribution in [0.4, 0.5) is 0 Å². The largest absolute Gasteiger partial charge is 0.301 e. The lowest BCUT2D eigenvalue weighted by Gasteiger charge is -2.13. The summed E-state index contributed by atoms with van der Waals surface area (Å²) in [4.78, 5) is 1.79. The maximum Gasteiger partial charge on any atom is 0.118 e. The average molecular weight is 216 g/mol. The van der Waals surface area contributed by atoms with E-state index >= 15 is 0 Å². The summed E-state index contributed by atoms with van der Waals surface area (Å²) >= 11 is 0. The summed E-state index contributed by atoms with van der Waals surface area (Å²) in [6.07, 6.45) is 0. The summed E-state index contributed by atoms with van der Waals surface area (Å²) in [7, 11) is 3.90. The highest BCUT2D eigenvalue weighted by Crippen LogP contribution is 2.23. The molecule has 0 unspecified atom stereocenters. The van der Waals surface area contributed by atoms with Crippen LogP contribution in [0, 0.1) is 13.8 Å². The molecule has 4 heteroatoms. The molecule has 4 nitrogen and oxygen atoms in total. The van der Waals surface area contributed by atoms with E-state index in [0.29, 0.717) is 0 Å². The molecule has 1 heterocycles. The molecule has 0 amide bonds. The van der Waals surface area contributed by atoms with E-state index in [4.69, 9.17) is 0 Å². The SMILES string of the molecule is Cc1ccccc1-c1nnn(N(C)C)c1C. The van der Waals surface area contributed by atoms with Crippen LogP contribution in [0.3, 0.4) is 0 Å². The Morgan fingerprint density at radius 1 is 1.12 bits per heavy atom. The standard InChI is InChI=1S/C12H16N4/c1-9-7-5-6-8-11(9)12-10(2)16(14-13-12)15(3)4/h5-8H,1-4H3. The van der Waals surface area contributed by atoms with Gasteiger partial charge in [-0.05, 0) is 24.6 Å². The fraction of sp³-hybridized carbons (Fsp3) is 0.333. The van der Waals surface area contributed by atoms with Gasteiger partial charge < -0.3 is 5.01 Å². The van der Waals surface area contributed by atoms with Crippen molar-refractivity contribution in [1.29, 1.82) is 0 Å². The zero-order valence-corrected chi connectivity index (χ0v) is 10.1. The van der Waals surface area contributed by atoms with Crippen LogP contribution in [0.15, 0.2) is 24.3 Å². The molecule has 0 fully saturated rings. The van der Waals surface area contributed by atoms with Crippen molar-refractivity contribution in [1.82, 2.24) is 15.1 Å². The lowest BCUT2D eigenvalue weighted by molar-refractivity contribution is 0.595. The summed E-state index contributed by atoms with van der Waals surface area (Å²) < 4.78 is 0. The Balaban J connectivity index is 2.54. The molecule has 0 atom stereocenters. The summed E-state index contributed by atoms with van der Waals surface area (Å²) in [6.45, 7) is 4.12. The number of aryl methyl sites for hydroxylation is 1. The molecule has 0 aliphatic heterocycles. The zero-order chi connectivity index (χ0) is 11.7. The summed E-state index contributed by atoms with van der Waals surface area (Å²) in [5.41, 5.74) is 4.37. The van der Waals surface area contributed by atoms with E-state index in [9.17, 15) is 0 Å². The molecule has 0 spiro atoms. The van der Waals surface area contributed by atoms with Gasteiger partial charge in [0.05, 0.1) is 5.69 Å². The van der Waals surface area contributed by atoms with Crippen molar-refractivity contribution < 1.29 is 0 Å². The lowest BCUT2D eigenvalue weighted by Crippen LogP contribution is -2.27. The molecule has 0 radical (unpaired) electrons. The van der Waals surface area contributed by atoms with Crippen LogP contribution in [0.5, 0.6) is 0 Å². The maximum absolute atomic E-state index is 4.24. The predicted octanol–water partition coefficient (Wildman–Crippen LogP) is 1.76. The lowest BCUT2D eigenvalue weighted by atomic mass is 10.1. The van der Waals surface area contributed by atoms with Crippen molar-refractivity contribution in [3.05, 3.63) is 35.5 Å². The number of hydrogen-bond donors (Lipinski definition) is 0. The van der Waals surface area contributed by atoms with Crippen molar-refractivity contribution in [2.75, 3.05) is 19.1 Å². The Labute approximate surface area is 95.5 Å². The molecule has 1 aromatic carbocycles. The molecule has 16 heavy (non-hydrogen) atoms. The van der Waals surface area contributed by atoms with Crippen LogP contribution >= 0.6 is 0 Å². The Morgan fingerprint density at radius 3 is 2.38 bits per heavy atom. The van der Waals surface area contributed by atoms with Crippen LogP contribution in [-0.4, -0.2) is 29.2 Å². The van der Waals surface area contributed by atoms with Gasteiger partial charge in [-0.15, -0.1) is 5.10 Å². The number of benzene rings is 1. The van der Waals surface area contributed by atoms with E-state index in [1.54, 1.807) is 4.79 Å². The molecule has 0 aliphatic rings. The topological polar surface area (TPSA) is 34.0 Å². The molecule has 1 aromatic heterocycles. The van der Waals surface area contributed by atoms with Crippen molar-refractivity contribution >= 4 is 0 Å². The molecule has 84 valence electrons. The first-order chi connectivity index (χ1) is 7.61. The fourth-order valence-electron chi connectivity index (χ4n) is 1.79. The second-order valence-electron chi connectivity index (χ2n) is 4.08. The smallest absolute Gasteiger partial charge is 0.118 e. The Bertz CT molecular complexity index is 499. The van der Waals surface area contributed by atoms with Crippen LogP contribution in [-0.2, 0) is 0 Å². The van der Waals surface area contributed by atoms with Crippen LogP contribution < -0.4 is 5.01 Å². The van der Waals surface area contributed by atoms with Gasteiger partial charge >= 0.3 is 0 Å². The number of nitrogens with zero attached hydrogens (tertiary/aromatic N) is 4. The van der Waals surface area contributed by atoms with Gasteiger partial charge in [-0.25, -0.2) is 0 Å². The van der Waals surface area contributed by atoms with Gasteiger partial charge in [0, 0.05) is 19.7 Å². The number of hydrogen-bond acceptors (Lipinski definition) is 3. The Morgan fingerprint density at radius 2 is 1.81 bits per heavy atom. The van der Waals surface area contributed by atoms with Crippen LogP contribution in [0.25, 0.3) is 11.3 Å². The molecular weight excluding hydrogens is 200 g/mol. The third-order valence-corrected chi connectivity index (χ3v) is 2.65. The second-order valence-corrected chi connectivity index (χ2v) is 4.08. The van der Waals surface area contributed by atoms with Crippen molar-refractivity contribution in [3.8, 4) is 11.3 Å². The van der Waals surface area contributed by atoms with E-state index in [-0.39, 0.29) is 0 Å². The minimum absolute atomic E-state index is 0.951. The first-order valence-corrected chi connectivity index (χ1v) is 5.27. The molecule has 2 rings (SSSR count). The molecular formula is C12H16N4. The van der Waals surface area contributed by atoms with E-state index in [2.05, 4.69) is 29.4 Å². The third kappa shape index (κ3) is 1.66. The monoisotopic (exact) mass is 216 g/mol. The van der Waals surface area contributed by atoms with Crippen LogP contribution in [0.1, 0.15) is 11.3 Å². The number of aromatic nitrogens is 3. The van der Waals surface area contributed by atoms with E-state index in [0.717, 1.165) is 17.0 Å². The third-order valence-electron chi connectivity index (χ3n) is 2.65. The van der Waals surface area contributed by atoms with Crippen molar-refractivity contribution in [2.24, 2.45) is 0 Å². The molecule has 0 N–H and O–H groups in total. The molecule has 0 bridgehead atoms. The van der Waals surface area contributed by atoms with Gasteiger partial charge in [0.2, 0.25) is 0 Å². The normalized spacial score (nSPS) is 10.5. The minimum Gasteiger partial charge on any atom is -0.301 e. The Kier molecular flexibility index (Phi) is 2.64. The first kappa shape index (κ1) is 10.7. The highest BCUT2D eigenvalue weighted by atomic mass is 15.7. The van der Waals surface area contributed by atoms with Crippen molar-refractivity contribution in [2.45, 2.75) is 13.8 Å². The van der Waals surface area contributed by atoms with Gasteiger partial charge in [-0.1, -0.05) is 24.3 Å². The van der Waals surface area contributed by atoms with Gasteiger partial charge in [-0.3, -0.25) is 0 Å². The van der Waals surface area contributed by atoms with E-state index in [1.165, 1.54) is 5.56 Å². The van der Waals surface area contributed by atoms with Gasteiger partial charge in [0.15, 0.2) is 0 Å². The highest BCUT2D eigenvalue weighted by molar-refractivity contribution is 5.64. The fourth-order valence-corrected chi connectivity index (χ4v) is 1.79. The van der Waals surface area contributed by atoms with Gasteiger partial charge in [-0.2, -0.15) is 4.79 Å². The molecule has 2 aromatic rings. The Hall–Kier alpha value is -1.84. The summed E-state index contributed by atoms with van der Waals surface area (Å²) in [5.74, 6) is 0. The van der Waals surface area contributed by atoms with Crippen LogP contribution in [0.2, 0.25) is 0 Å². The maximum atomic E-state index is 4.24. The van der Waals surface area contributed by atoms with E-state index < -0.39 is 0 Å². The first-order valence-electron chi connectivity index (χ1n) is 5.27. The van der Waals surface area contributed by atoms with Gasteiger partial charge in [0.25, 0.3) is 0 Å². The zero-order valence-electron chi connectivity index (χ0n) is 10.1. The van der Waals surface area contributed by atoms with Gasteiger partial charge in [0.1, 0.15) is 5.69 Å². The van der Waals surface area contributed by atoms with Crippen molar-refractivity contribution in [3.63, 3.8) is 0 Å². The average Bonchev–Trinajstić information content (AvgIpc) is 2.61. The quantitative estimate of drug-likeness (QED) is 0.767. The molecule has 0 saturated carbocycles. The number of rotatable bonds is 2. The minimum atomic E-state index is 0.951. The summed E-state index contributed by atoms with van der Waals surface area (Å²) in [6, 6.07) is 8.22. The molecule has 0 aliphatic carbocycles. The van der Waals surface area contributed by atoms with E-state index in [1.807, 2.05) is 38.2 Å².